The number of anilines is 1. The number of nitrogens with zero attached hydrogens (tertiary/aromatic N) is 3. The van der Waals surface area contributed by atoms with E-state index in [1.807, 2.05) is 24.3 Å². The highest BCUT2D eigenvalue weighted by molar-refractivity contribution is 7.97. The standard InChI is InChI=1S/C20H22N4O5S3/c1-19(2,3)27-16(26)20(4,5)29-24-14(12-10-30-17(21)22-12)15(25)28-32-18-23-11-8-6-7-9-13(11)31-18/h6-10H,1-5H3,(H2,21,22). The number of nitrogen functional groups attached to an aromatic ring is 1. The second-order valence-electron chi connectivity index (χ2n) is 8.02. The van der Waals surface area contributed by atoms with Crippen LogP contribution in [0.25, 0.3) is 10.2 Å². The molecule has 0 amide bonds. The average molecular weight is 495 g/mol. The van der Waals surface area contributed by atoms with E-state index in [0.717, 1.165) is 33.6 Å². The summed E-state index contributed by atoms with van der Waals surface area (Å²) in [4.78, 5) is 39.1. The van der Waals surface area contributed by atoms with Gasteiger partial charge in [-0.3, -0.25) is 0 Å². The van der Waals surface area contributed by atoms with Gasteiger partial charge in [0.15, 0.2) is 9.47 Å². The average Bonchev–Trinajstić information content (AvgIpc) is 3.31. The minimum absolute atomic E-state index is 0.169. The second kappa shape index (κ2) is 9.43. The summed E-state index contributed by atoms with van der Waals surface area (Å²) in [6.45, 7) is 8.19. The Bertz CT molecular complexity index is 1130. The molecule has 0 atom stereocenters. The zero-order chi connectivity index (χ0) is 23.5. The van der Waals surface area contributed by atoms with E-state index < -0.39 is 23.1 Å². The van der Waals surface area contributed by atoms with Gasteiger partial charge in [-0.2, -0.15) is 0 Å². The normalized spacial score (nSPS) is 12.6. The number of hydrogen-bond acceptors (Lipinski definition) is 12. The Morgan fingerprint density at radius 1 is 1.12 bits per heavy atom. The Balaban J connectivity index is 1.77. The minimum atomic E-state index is -1.46. The van der Waals surface area contributed by atoms with Crippen molar-refractivity contribution in [3.8, 4) is 0 Å². The van der Waals surface area contributed by atoms with Gasteiger partial charge in [-0.05, 0) is 46.8 Å². The number of hydrogen-bond donors (Lipinski definition) is 1. The number of aromatic nitrogens is 2. The number of rotatable bonds is 7. The summed E-state index contributed by atoms with van der Waals surface area (Å²) in [7, 11) is 0. The van der Waals surface area contributed by atoms with Gasteiger partial charge in [-0.25, -0.2) is 19.6 Å². The van der Waals surface area contributed by atoms with E-state index in [-0.39, 0.29) is 16.5 Å². The van der Waals surface area contributed by atoms with Crippen molar-refractivity contribution < 1.29 is 23.3 Å². The van der Waals surface area contributed by atoms with Crippen LogP contribution in [0.1, 0.15) is 40.3 Å². The molecule has 9 nitrogen and oxygen atoms in total. The number of carbonyl (C=O) groups is 2. The number of carbonyl (C=O) groups excluding carboxylic acids is 2. The van der Waals surface area contributed by atoms with Crippen LogP contribution in [0.15, 0.2) is 39.1 Å². The third-order valence-electron chi connectivity index (χ3n) is 3.68. The van der Waals surface area contributed by atoms with Gasteiger partial charge >= 0.3 is 11.9 Å². The molecule has 12 heteroatoms. The fourth-order valence-electron chi connectivity index (χ4n) is 2.18. The van der Waals surface area contributed by atoms with Crippen molar-refractivity contribution in [2.75, 3.05) is 5.73 Å². The molecule has 0 saturated carbocycles. The van der Waals surface area contributed by atoms with Gasteiger partial charge < -0.3 is 19.5 Å². The molecule has 0 aliphatic rings. The van der Waals surface area contributed by atoms with E-state index in [1.165, 1.54) is 25.2 Å². The third-order valence-corrected chi connectivity index (χ3v) is 6.10. The molecule has 0 fully saturated rings. The number of benzene rings is 1. The number of esters is 1. The number of thiazole rings is 2. The van der Waals surface area contributed by atoms with Gasteiger partial charge in [-0.15, -0.1) is 22.7 Å². The molecule has 3 aromatic rings. The van der Waals surface area contributed by atoms with Crippen LogP contribution in [-0.4, -0.2) is 38.8 Å². The molecule has 170 valence electrons. The second-order valence-corrected chi connectivity index (χ2v) is 10.9. The van der Waals surface area contributed by atoms with Gasteiger partial charge in [0.2, 0.25) is 11.3 Å². The van der Waals surface area contributed by atoms with Crippen molar-refractivity contribution in [2.24, 2.45) is 5.16 Å². The molecular formula is C20H22N4O5S3. The van der Waals surface area contributed by atoms with Crippen LogP contribution >= 0.6 is 34.7 Å². The van der Waals surface area contributed by atoms with E-state index in [0.29, 0.717) is 4.34 Å². The number of para-hydroxylation sites is 1. The molecule has 0 radical (unpaired) electrons. The lowest BCUT2D eigenvalue weighted by Crippen LogP contribution is -2.40. The maximum atomic E-state index is 12.8. The first-order valence-electron chi connectivity index (χ1n) is 9.40. The predicted octanol–water partition coefficient (Wildman–Crippen LogP) is 4.43. The van der Waals surface area contributed by atoms with Crippen molar-refractivity contribution in [1.29, 1.82) is 0 Å². The maximum Gasteiger partial charge on any atom is 0.375 e. The summed E-state index contributed by atoms with van der Waals surface area (Å²) in [5, 5.41) is 5.67. The molecule has 1 aromatic carbocycles. The molecule has 0 saturated heterocycles. The van der Waals surface area contributed by atoms with Crippen molar-refractivity contribution in [3.63, 3.8) is 0 Å². The Kier molecular flexibility index (Phi) is 7.06. The van der Waals surface area contributed by atoms with E-state index in [4.69, 9.17) is 19.5 Å². The number of nitrogens with two attached hydrogens (primary N) is 1. The quantitative estimate of drug-likeness (QED) is 0.220. The summed E-state index contributed by atoms with van der Waals surface area (Å²) in [5.41, 5.74) is 4.27. The van der Waals surface area contributed by atoms with E-state index in [9.17, 15) is 9.59 Å². The van der Waals surface area contributed by atoms with E-state index >= 15 is 0 Å². The zero-order valence-electron chi connectivity index (χ0n) is 18.1. The predicted molar refractivity (Wildman–Crippen MR) is 126 cm³/mol. The summed E-state index contributed by atoms with van der Waals surface area (Å²) in [6.07, 6.45) is 0. The van der Waals surface area contributed by atoms with Crippen LogP contribution in [0.5, 0.6) is 0 Å². The maximum absolute atomic E-state index is 12.8. The molecule has 0 aliphatic carbocycles. The highest BCUT2D eigenvalue weighted by Crippen LogP contribution is 2.30. The Hall–Kier alpha value is -2.70. The lowest BCUT2D eigenvalue weighted by molar-refractivity contribution is -0.179. The van der Waals surface area contributed by atoms with Crippen molar-refractivity contribution in [1.82, 2.24) is 9.97 Å². The van der Waals surface area contributed by atoms with Gasteiger partial charge in [0.25, 0.3) is 0 Å². The van der Waals surface area contributed by atoms with Crippen molar-refractivity contribution in [2.45, 2.75) is 50.2 Å². The van der Waals surface area contributed by atoms with Crippen LogP contribution in [0.4, 0.5) is 5.13 Å². The monoisotopic (exact) mass is 494 g/mol. The molecule has 2 heterocycles. The fraction of sp³-hybridized carbons (Fsp3) is 0.350. The number of ether oxygens (including phenoxy) is 1. The first-order chi connectivity index (χ1) is 14.9. The lowest BCUT2D eigenvalue weighted by atomic mass is 10.1. The highest BCUT2D eigenvalue weighted by atomic mass is 32.2. The molecule has 0 bridgehead atoms. The van der Waals surface area contributed by atoms with Crippen molar-refractivity contribution in [3.05, 3.63) is 35.3 Å². The molecule has 3 rings (SSSR count). The number of oxime groups is 1. The van der Waals surface area contributed by atoms with Gasteiger partial charge in [0.05, 0.1) is 10.2 Å². The number of fused-ring (bicyclic) bond motifs is 1. The molecule has 0 spiro atoms. The Morgan fingerprint density at radius 3 is 2.47 bits per heavy atom. The molecule has 2 N–H and O–H groups in total. The highest BCUT2D eigenvalue weighted by Gasteiger charge is 2.36. The first-order valence-corrected chi connectivity index (χ1v) is 11.8. The van der Waals surface area contributed by atoms with Crippen LogP contribution in [0.3, 0.4) is 0 Å². The largest absolute Gasteiger partial charge is 0.457 e. The molecular weight excluding hydrogens is 472 g/mol. The SMILES string of the molecule is CC(C)(C)OC(=O)C(C)(C)ON=C(C(=O)OSc1nc2ccccc2s1)c1csc(N)n1. The van der Waals surface area contributed by atoms with Gasteiger partial charge in [0, 0.05) is 5.38 Å². The van der Waals surface area contributed by atoms with Crippen molar-refractivity contribution >= 4 is 67.7 Å². The third kappa shape index (κ3) is 6.17. The van der Waals surface area contributed by atoms with E-state index in [2.05, 4.69) is 15.1 Å². The molecule has 32 heavy (non-hydrogen) atoms. The zero-order valence-corrected chi connectivity index (χ0v) is 20.5. The van der Waals surface area contributed by atoms with E-state index in [1.54, 1.807) is 26.2 Å². The summed E-state index contributed by atoms with van der Waals surface area (Å²) < 4.78 is 12.2. The van der Waals surface area contributed by atoms with Crippen LogP contribution < -0.4 is 5.73 Å². The summed E-state index contributed by atoms with van der Waals surface area (Å²) in [5.74, 6) is -1.46. The van der Waals surface area contributed by atoms with Crippen LogP contribution in [0.2, 0.25) is 0 Å². The van der Waals surface area contributed by atoms with Crippen LogP contribution in [0, 0.1) is 0 Å². The summed E-state index contributed by atoms with van der Waals surface area (Å²) in [6, 6.07) is 7.58. The fourth-order valence-corrected chi connectivity index (χ4v) is 4.30. The molecule has 2 aromatic heterocycles. The Labute approximate surface area is 197 Å². The van der Waals surface area contributed by atoms with Gasteiger partial charge in [0.1, 0.15) is 23.3 Å². The Morgan fingerprint density at radius 2 is 1.84 bits per heavy atom. The van der Waals surface area contributed by atoms with Crippen LogP contribution in [-0.2, 0) is 23.3 Å². The topological polar surface area (TPSA) is 126 Å². The summed E-state index contributed by atoms with van der Waals surface area (Å²) >= 11 is 3.32. The lowest BCUT2D eigenvalue weighted by Gasteiger charge is -2.26. The molecule has 0 unspecified atom stereocenters. The smallest absolute Gasteiger partial charge is 0.375 e. The first kappa shape index (κ1) is 24.0. The minimum Gasteiger partial charge on any atom is -0.457 e. The molecule has 0 aliphatic heterocycles. The van der Waals surface area contributed by atoms with Gasteiger partial charge in [-0.1, -0.05) is 17.3 Å².